The first-order chi connectivity index (χ1) is 8.88. The zero-order valence-electron chi connectivity index (χ0n) is 11.7. The van der Waals surface area contributed by atoms with Crippen LogP contribution in [0.2, 0.25) is 0 Å². The van der Waals surface area contributed by atoms with Crippen LogP contribution in [0.4, 0.5) is 0 Å². The van der Waals surface area contributed by atoms with Crippen LogP contribution < -0.4 is 11.2 Å². The Labute approximate surface area is 111 Å². The molecule has 0 radical (unpaired) electrons. The monoisotopic (exact) mass is 267 g/mol. The van der Waals surface area contributed by atoms with E-state index >= 15 is 0 Å². The topological polar surface area (TPSA) is 67.5 Å². The molecule has 1 aliphatic rings. The molecule has 1 aromatic heterocycles. The van der Waals surface area contributed by atoms with Crippen molar-refractivity contribution >= 4 is 0 Å². The molecule has 0 unspecified atom stereocenters. The normalized spacial score (nSPS) is 22.6. The summed E-state index contributed by atoms with van der Waals surface area (Å²) in [6, 6.07) is 1.51. The molecule has 1 saturated carbocycles. The van der Waals surface area contributed by atoms with Crippen LogP contribution in [0.25, 0.3) is 0 Å². The van der Waals surface area contributed by atoms with Gasteiger partial charge in [-0.3, -0.25) is 13.9 Å². The largest absolute Gasteiger partial charge is 0.393 e. The molecular formula is C13H21N3O3. The van der Waals surface area contributed by atoms with Crippen molar-refractivity contribution in [2.45, 2.75) is 25.5 Å². The highest BCUT2D eigenvalue weighted by Crippen LogP contribution is 2.27. The van der Waals surface area contributed by atoms with Gasteiger partial charge in [-0.05, 0) is 25.8 Å². The van der Waals surface area contributed by atoms with E-state index in [4.69, 9.17) is 0 Å². The lowest BCUT2D eigenvalue weighted by Gasteiger charge is -2.34. The van der Waals surface area contributed by atoms with Crippen molar-refractivity contribution in [1.29, 1.82) is 0 Å². The Balaban J connectivity index is 2.07. The van der Waals surface area contributed by atoms with Gasteiger partial charge in [0.1, 0.15) is 0 Å². The van der Waals surface area contributed by atoms with Crippen LogP contribution in [-0.4, -0.2) is 38.8 Å². The van der Waals surface area contributed by atoms with Gasteiger partial charge in [0.2, 0.25) is 0 Å². The summed E-state index contributed by atoms with van der Waals surface area (Å²) in [6.45, 7) is 1.44. The molecule has 0 amide bonds. The summed E-state index contributed by atoms with van der Waals surface area (Å²) in [5.74, 6) is 0.517. The average molecular weight is 267 g/mol. The van der Waals surface area contributed by atoms with Crippen LogP contribution in [0.3, 0.4) is 0 Å². The SMILES string of the molecule is CN(Cc1cc(=O)n(C)c(=O)n1C)CC1CC(O)C1. The first kappa shape index (κ1) is 14.0. The maximum Gasteiger partial charge on any atom is 0.330 e. The third-order valence-corrected chi connectivity index (χ3v) is 3.84. The molecule has 1 fully saturated rings. The predicted octanol–water partition coefficient (Wildman–Crippen LogP) is -0.713. The Morgan fingerprint density at radius 3 is 2.53 bits per heavy atom. The molecule has 1 aliphatic carbocycles. The molecule has 0 saturated heterocycles. The lowest BCUT2D eigenvalue weighted by molar-refractivity contribution is 0.0271. The van der Waals surface area contributed by atoms with Crippen molar-refractivity contribution in [2.75, 3.05) is 13.6 Å². The average Bonchev–Trinajstić information content (AvgIpc) is 2.31. The van der Waals surface area contributed by atoms with Gasteiger partial charge < -0.3 is 10.0 Å². The molecule has 0 bridgehead atoms. The lowest BCUT2D eigenvalue weighted by Crippen LogP contribution is -2.41. The van der Waals surface area contributed by atoms with Gasteiger partial charge in [-0.1, -0.05) is 0 Å². The summed E-state index contributed by atoms with van der Waals surface area (Å²) in [4.78, 5) is 25.5. The minimum atomic E-state index is -0.296. The van der Waals surface area contributed by atoms with Gasteiger partial charge in [-0.2, -0.15) is 0 Å². The second-order valence-electron chi connectivity index (χ2n) is 5.56. The summed E-state index contributed by atoms with van der Waals surface area (Å²) in [5, 5.41) is 9.26. The van der Waals surface area contributed by atoms with Crippen LogP contribution in [0.1, 0.15) is 18.5 Å². The Morgan fingerprint density at radius 2 is 1.95 bits per heavy atom. The number of hydrogen-bond acceptors (Lipinski definition) is 4. The molecule has 0 atom stereocenters. The van der Waals surface area contributed by atoms with Crippen molar-refractivity contribution < 1.29 is 5.11 Å². The van der Waals surface area contributed by atoms with Crippen molar-refractivity contribution in [3.8, 4) is 0 Å². The quantitative estimate of drug-likeness (QED) is 0.782. The van der Waals surface area contributed by atoms with Gasteiger partial charge in [-0.15, -0.1) is 0 Å². The molecule has 19 heavy (non-hydrogen) atoms. The first-order valence-corrected chi connectivity index (χ1v) is 6.51. The number of rotatable bonds is 4. The molecule has 0 aliphatic heterocycles. The molecule has 1 aromatic rings. The first-order valence-electron chi connectivity index (χ1n) is 6.51. The molecular weight excluding hydrogens is 246 g/mol. The number of nitrogens with zero attached hydrogens (tertiary/aromatic N) is 3. The zero-order chi connectivity index (χ0) is 14.2. The fourth-order valence-corrected chi connectivity index (χ4v) is 2.56. The van der Waals surface area contributed by atoms with Crippen molar-refractivity contribution in [3.63, 3.8) is 0 Å². The van der Waals surface area contributed by atoms with Crippen molar-refractivity contribution in [1.82, 2.24) is 14.0 Å². The van der Waals surface area contributed by atoms with Crippen LogP contribution in [-0.2, 0) is 20.6 Å². The highest BCUT2D eigenvalue weighted by atomic mass is 16.3. The number of aromatic nitrogens is 2. The van der Waals surface area contributed by atoms with Gasteiger partial charge in [0.25, 0.3) is 5.56 Å². The van der Waals surface area contributed by atoms with E-state index in [1.54, 1.807) is 7.05 Å². The maximum atomic E-state index is 11.8. The highest BCUT2D eigenvalue weighted by Gasteiger charge is 2.27. The Bertz CT molecular complexity index is 569. The fraction of sp³-hybridized carbons (Fsp3) is 0.692. The smallest absolute Gasteiger partial charge is 0.330 e. The molecule has 6 nitrogen and oxygen atoms in total. The second kappa shape index (κ2) is 5.30. The van der Waals surface area contributed by atoms with Gasteiger partial charge in [0, 0.05) is 38.9 Å². The van der Waals surface area contributed by atoms with E-state index in [2.05, 4.69) is 4.90 Å². The third-order valence-electron chi connectivity index (χ3n) is 3.84. The summed E-state index contributed by atoms with van der Waals surface area (Å²) in [7, 11) is 5.12. The minimum absolute atomic E-state index is 0.147. The lowest BCUT2D eigenvalue weighted by atomic mass is 9.82. The molecule has 1 N–H and O–H groups in total. The summed E-state index contributed by atoms with van der Waals surface area (Å²) in [6.07, 6.45) is 1.55. The van der Waals surface area contributed by atoms with E-state index in [1.165, 1.54) is 17.7 Å². The number of hydrogen-bond donors (Lipinski definition) is 1. The number of aliphatic hydroxyl groups excluding tert-OH is 1. The van der Waals surface area contributed by atoms with Gasteiger partial charge in [0.05, 0.1) is 6.10 Å². The van der Waals surface area contributed by atoms with Crippen molar-refractivity contribution in [2.24, 2.45) is 20.0 Å². The van der Waals surface area contributed by atoms with Gasteiger partial charge in [0.15, 0.2) is 0 Å². The minimum Gasteiger partial charge on any atom is -0.393 e. The molecule has 6 heteroatoms. The molecule has 0 spiro atoms. The highest BCUT2D eigenvalue weighted by molar-refractivity contribution is 5.02. The van der Waals surface area contributed by atoms with E-state index in [9.17, 15) is 14.7 Å². The number of aliphatic hydroxyl groups is 1. The van der Waals surface area contributed by atoms with Crippen LogP contribution in [0.5, 0.6) is 0 Å². The summed E-state index contributed by atoms with van der Waals surface area (Å²) in [5.41, 5.74) is 0.149. The fourth-order valence-electron chi connectivity index (χ4n) is 2.56. The third kappa shape index (κ3) is 2.96. The van der Waals surface area contributed by atoms with Gasteiger partial charge >= 0.3 is 5.69 Å². The predicted molar refractivity (Wildman–Crippen MR) is 72.0 cm³/mol. The summed E-state index contributed by atoms with van der Waals surface area (Å²) >= 11 is 0. The zero-order valence-corrected chi connectivity index (χ0v) is 11.7. The Morgan fingerprint density at radius 1 is 1.32 bits per heavy atom. The van der Waals surface area contributed by atoms with E-state index in [0.29, 0.717) is 12.5 Å². The van der Waals surface area contributed by atoms with Crippen LogP contribution in [0.15, 0.2) is 15.7 Å². The standard InChI is InChI=1S/C13H21N3O3/c1-14(7-9-4-11(17)5-9)8-10-6-12(18)16(3)13(19)15(10)2/h6,9,11,17H,4-5,7-8H2,1-3H3. The second-order valence-corrected chi connectivity index (χ2v) is 5.56. The van der Waals surface area contributed by atoms with E-state index in [1.807, 2.05) is 7.05 Å². The molecule has 2 rings (SSSR count). The Kier molecular flexibility index (Phi) is 3.91. The van der Waals surface area contributed by atoms with E-state index < -0.39 is 0 Å². The van der Waals surface area contributed by atoms with Crippen molar-refractivity contribution in [3.05, 3.63) is 32.6 Å². The molecule has 0 aromatic carbocycles. The summed E-state index contributed by atoms with van der Waals surface area (Å²) < 4.78 is 2.61. The Hall–Kier alpha value is -1.40. The maximum absolute atomic E-state index is 11.8. The molecule has 1 heterocycles. The van der Waals surface area contributed by atoms with Gasteiger partial charge in [-0.25, -0.2) is 4.79 Å². The van der Waals surface area contributed by atoms with E-state index in [0.717, 1.165) is 29.6 Å². The van der Waals surface area contributed by atoms with Crippen LogP contribution in [0, 0.1) is 5.92 Å². The molecule has 106 valence electrons. The van der Waals surface area contributed by atoms with E-state index in [-0.39, 0.29) is 17.4 Å². The van der Waals surface area contributed by atoms with Crippen LogP contribution >= 0.6 is 0 Å².